The summed E-state index contributed by atoms with van der Waals surface area (Å²) in [4.78, 5) is 0. The van der Waals surface area contributed by atoms with Crippen molar-refractivity contribution in [3.63, 3.8) is 0 Å². The molecule has 0 amide bonds. The summed E-state index contributed by atoms with van der Waals surface area (Å²) < 4.78 is 0. The Morgan fingerprint density at radius 1 is 0.909 bits per heavy atom. The van der Waals surface area contributed by atoms with Crippen LogP contribution in [0.5, 0.6) is 0 Å². The van der Waals surface area contributed by atoms with Crippen LogP contribution in [0.15, 0.2) is 0 Å². The maximum atomic E-state index is 5.39. The van der Waals surface area contributed by atoms with Crippen molar-refractivity contribution in [2.24, 2.45) is 11.5 Å². The largest absolute Gasteiger partial charge is 0.330 e. The van der Waals surface area contributed by atoms with Gasteiger partial charge in [-0.15, -0.1) is 0 Å². The minimum absolute atomic E-state index is 0.498. The Hall–Kier alpha value is 0.270. The minimum Gasteiger partial charge on any atom is -0.330 e. The molecule has 0 fully saturated rings. The lowest BCUT2D eigenvalue weighted by Crippen LogP contribution is -2.08. The lowest BCUT2D eigenvalue weighted by atomic mass is 10.1. The van der Waals surface area contributed by atoms with Gasteiger partial charge in [-0.2, -0.15) is 12.6 Å². The molecule has 3 heteroatoms. The Kier molecular flexibility index (Phi) is 8.57. The zero-order valence-corrected chi connectivity index (χ0v) is 8.02. The van der Waals surface area contributed by atoms with Crippen molar-refractivity contribution < 1.29 is 0 Å². The number of hydrogen-bond acceptors (Lipinski definition) is 3. The van der Waals surface area contributed by atoms with Gasteiger partial charge in [0.05, 0.1) is 0 Å². The molecule has 4 N–H and O–H groups in total. The summed E-state index contributed by atoms with van der Waals surface area (Å²) in [6.07, 6.45) is 5.83. The van der Waals surface area contributed by atoms with Crippen molar-refractivity contribution in [1.29, 1.82) is 0 Å². The zero-order valence-electron chi connectivity index (χ0n) is 7.13. The van der Waals surface area contributed by atoms with E-state index in [1.807, 2.05) is 0 Å². The third-order valence-corrected chi connectivity index (χ3v) is 2.26. The number of thiol groups is 1. The molecule has 0 saturated carbocycles. The van der Waals surface area contributed by atoms with Gasteiger partial charge in [-0.25, -0.2) is 0 Å². The molecule has 0 aliphatic rings. The highest BCUT2D eigenvalue weighted by Gasteiger charge is 1.99. The fourth-order valence-corrected chi connectivity index (χ4v) is 1.37. The summed E-state index contributed by atoms with van der Waals surface area (Å²) in [6.45, 7) is 1.57. The summed E-state index contributed by atoms with van der Waals surface area (Å²) in [7, 11) is 0. The SMILES string of the molecule is NCCCCCC(S)CCN. The van der Waals surface area contributed by atoms with Crippen LogP contribution in [0.25, 0.3) is 0 Å². The van der Waals surface area contributed by atoms with Crippen molar-refractivity contribution in [3.8, 4) is 0 Å². The standard InChI is InChI=1S/C8H20N2S/c9-6-3-1-2-4-8(11)5-7-10/h8,11H,1-7,9-10H2. The van der Waals surface area contributed by atoms with Gasteiger partial charge in [-0.05, 0) is 32.4 Å². The zero-order chi connectivity index (χ0) is 8.53. The average molecular weight is 176 g/mol. The van der Waals surface area contributed by atoms with E-state index in [2.05, 4.69) is 12.6 Å². The Labute approximate surface area is 75.1 Å². The summed E-state index contributed by atoms with van der Waals surface area (Å²) in [5.74, 6) is 0. The predicted octanol–water partition coefficient (Wildman–Crippen LogP) is 1.15. The normalized spacial score (nSPS) is 13.4. The monoisotopic (exact) mass is 176 g/mol. The average Bonchev–Trinajstić information content (AvgIpc) is 1.99. The summed E-state index contributed by atoms with van der Waals surface area (Å²) in [5, 5.41) is 0.498. The van der Waals surface area contributed by atoms with E-state index >= 15 is 0 Å². The first-order valence-electron chi connectivity index (χ1n) is 4.39. The van der Waals surface area contributed by atoms with Gasteiger partial charge in [-0.1, -0.05) is 12.8 Å². The summed E-state index contributed by atoms with van der Waals surface area (Å²) in [6, 6.07) is 0. The van der Waals surface area contributed by atoms with Gasteiger partial charge >= 0.3 is 0 Å². The predicted molar refractivity (Wildman–Crippen MR) is 54.0 cm³/mol. The van der Waals surface area contributed by atoms with Gasteiger partial charge in [0.15, 0.2) is 0 Å². The highest BCUT2D eigenvalue weighted by atomic mass is 32.1. The quantitative estimate of drug-likeness (QED) is 0.403. The van der Waals surface area contributed by atoms with Crippen LogP contribution in [0.2, 0.25) is 0 Å². The van der Waals surface area contributed by atoms with Crippen molar-refractivity contribution >= 4 is 12.6 Å². The number of hydrogen-bond donors (Lipinski definition) is 3. The lowest BCUT2D eigenvalue weighted by molar-refractivity contribution is 0.614. The van der Waals surface area contributed by atoms with Gasteiger partial charge in [0, 0.05) is 5.25 Å². The first kappa shape index (κ1) is 11.3. The second kappa shape index (κ2) is 8.37. The van der Waals surface area contributed by atoms with Crippen LogP contribution >= 0.6 is 12.6 Å². The molecular weight excluding hydrogens is 156 g/mol. The van der Waals surface area contributed by atoms with Crippen LogP contribution in [0.4, 0.5) is 0 Å². The molecule has 0 spiro atoms. The number of nitrogens with two attached hydrogens (primary N) is 2. The third kappa shape index (κ3) is 8.17. The molecule has 68 valence electrons. The van der Waals surface area contributed by atoms with Crippen LogP contribution in [0.1, 0.15) is 32.1 Å². The highest BCUT2D eigenvalue weighted by molar-refractivity contribution is 7.80. The summed E-state index contributed by atoms with van der Waals surface area (Å²) in [5.41, 5.74) is 10.8. The molecule has 0 rings (SSSR count). The minimum atomic E-state index is 0.498. The second-order valence-corrected chi connectivity index (χ2v) is 3.60. The van der Waals surface area contributed by atoms with Gasteiger partial charge in [0.2, 0.25) is 0 Å². The van der Waals surface area contributed by atoms with E-state index in [1.165, 1.54) is 19.3 Å². The van der Waals surface area contributed by atoms with E-state index in [0.717, 1.165) is 25.9 Å². The molecule has 0 radical (unpaired) electrons. The smallest absolute Gasteiger partial charge is 0.00288 e. The fourth-order valence-electron chi connectivity index (χ4n) is 1.04. The Morgan fingerprint density at radius 3 is 2.18 bits per heavy atom. The van der Waals surface area contributed by atoms with Crippen molar-refractivity contribution in [1.82, 2.24) is 0 Å². The summed E-state index contributed by atoms with van der Waals surface area (Å²) >= 11 is 4.40. The van der Waals surface area contributed by atoms with Gasteiger partial charge in [0.1, 0.15) is 0 Å². The van der Waals surface area contributed by atoms with Crippen LogP contribution in [0, 0.1) is 0 Å². The van der Waals surface area contributed by atoms with Crippen molar-refractivity contribution in [2.75, 3.05) is 13.1 Å². The molecule has 0 aromatic rings. The van der Waals surface area contributed by atoms with E-state index in [9.17, 15) is 0 Å². The van der Waals surface area contributed by atoms with Crippen molar-refractivity contribution in [2.45, 2.75) is 37.4 Å². The first-order valence-corrected chi connectivity index (χ1v) is 4.91. The van der Waals surface area contributed by atoms with E-state index in [0.29, 0.717) is 5.25 Å². The molecule has 1 atom stereocenters. The molecule has 0 saturated heterocycles. The molecule has 0 aromatic heterocycles. The van der Waals surface area contributed by atoms with Crippen LogP contribution < -0.4 is 11.5 Å². The van der Waals surface area contributed by atoms with Gasteiger partial charge in [-0.3, -0.25) is 0 Å². The third-order valence-electron chi connectivity index (χ3n) is 1.74. The molecule has 1 unspecified atom stereocenters. The fraction of sp³-hybridized carbons (Fsp3) is 1.00. The highest BCUT2D eigenvalue weighted by Crippen LogP contribution is 2.10. The van der Waals surface area contributed by atoms with Gasteiger partial charge < -0.3 is 11.5 Å². The Balaban J connectivity index is 2.97. The van der Waals surface area contributed by atoms with Gasteiger partial charge in [0.25, 0.3) is 0 Å². The van der Waals surface area contributed by atoms with Crippen molar-refractivity contribution in [3.05, 3.63) is 0 Å². The topological polar surface area (TPSA) is 52.0 Å². The molecular formula is C8H20N2S. The van der Waals surface area contributed by atoms with Crippen LogP contribution in [-0.2, 0) is 0 Å². The second-order valence-electron chi connectivity index (χ2n) is 2.87. The van der Waals surface area contributed by atoms with E-state index in [4.69, 9.17) is 11.5 Å². The molecule has 0 aliphatic carbocycles. The van der Waals surface area contributed by atoms with E-state index < -0.39 is 0 Å². The maximum absolute atomic E-state index is 5.39. The first-order chi connectivity index (χ1) is 5.31. The van der Waals surface area contributed by atoms with E-state index in [-0.39, 0.29) is 0 Å². The molecule has 0 bridgehead atoms. The molecule has 0 aromatic carbocycles. The van der Waals surface area contributed by atoms with Crippen LogP contribution in [-0.4, -0.2) is 18.3 Å². The van der Waals surface area contributed by atoms with E-state index in [1.54, 1.807) is 0 Å². The van der Waals surface area contributed by atoms with Crippen LogP contribution in [0.3, 0.4) is 0 Å². The Bertz CT molecular complexity index is 78.5. The maximum Gasteiger partial charge on any atom is 0.00288 e. The molecule has 11 heavy (non-hydrogen) atoms. The molecule has 2 nitrogen and oxygen atoms in total. The number of unbranched alkanes of at least 4 members (excludes halogenated alkanes) is 2. The lowest BCUT2D eigenvalue weighted by Gasteiger charge is -2.07. The Morgan fingerprint density at radius 2 is 1.64 bits per heavy atom. The molecule has 0 heterocycles. The molecule has 0 aliphatic heterocycles. The number of rotatable bonds is 7.